The molecule has 0 amide bonds. The molecule has 1 aromatic rings. The molecule has 1 saturated carbocycles. The molecule has 0 radical (unpaired) electrons. The summed E-state index contributed by atoms with van der Waals surface area (Å²) in [4.78, 5) is 2.58. The van der Waals surface area contributed by atoms with Gasteiger partial charge in [-0.05, 0) is 39.3 Å². The van der Waals surface area contributed by atoms with Gasteiger partial charge in [0.25, 0.3) is 0 Å². The molecule has 1 saturated heterocycles. The van der Waals surface area contributed by atoms with Gasteiger partial charge < -0.3 is 5.32 Å². The van der Waals surface area contributed by atoms with E-state index in [0.29, 0.717) is 5.54 Å². The molecule has 118 valence electrons. The average Bonchev–Trinajstić information content (AvgIpc) is 2.64. The fraction of sp³-hybridized carbons (Fsp3) is 0.812. The number of nitrogens with one attached hydrogen (secondary N) is 1. The quantitative estimate of drug-likeness (QED) is 0.912. The Labute approximate surface area is 132 Å². The summed E-state index contributed by atoms with van der Waals surface area (Å²) < 4.78 is 1.79. The summed E-state index contributed by atoms with van der Waals surface area (Å²) in [6.45, 7) is 6.45. The highest BCUT2D eigenvalue weighted by Crippen LogP contribution is 2.31. The van der Waals surface area contributed by atoms with Crippen molar-refractivity contribution in [1.82, 2.24) is 20.0 Å². The molecule has 0 aromatic carbocycles. The molecule has 2 fully saturated rings. The molecule has 0 atom stereocenters. The Bertz CT molecular complexity index is 491. The lowest BCUT2D eigenvalue weighted by Crippen LogP contribution is -2.52. The zero-order chi connectivity index (χ0) is 14.9. The summed E-state index contributed by atoms with van der Waals surface area (Å²) >= 11 is 6.41. The van der Waals surface area contributed by atoms with Gasteiger partial charge in [-0.1, -0.05) is 30.9 Å². The van der Waals surface area contributed by atoms with Crippen LogP contribution >= 0.6 is 11.6 Å². The number of aryl methyl sites for hydroxylation is 2. The van der Waals surface area contributed by atoms with E-state index >= 15 is 0 Å². The van der Waals surface area contributed by atoms with Crippen LogP contribution in [0.25, 0.3) is 0 Å². The first kappa shape index (κ1) is 15.3. The minimum absolute atomic E-state index is 0.345. The lowest BCUT2D eigenvalue weighted by Gasteiger charge is -2.40. The van der Waals surface area contributed by atoms with Gasteiger partial charge in [0, 0.05) is 31.2 Å². The summed E-state index contributed by atoms with van der Waals surface area (Å²) in [5, 5.41) is 9.09. The van der Waals surface area contributed by atoms with E-state index in [4.69, 9.17) is 11.6 Å². The van der Waals surface area contributed by atoms with Gasteiger partial charge in [0.2, 0.25) is 0 Å². The Morgan fingerprint density at radius 2 is 2.00 bits per heavy atom. The third-order valence-corrected chi connectivity index (χ3v) is 5.61. The first-order valence-electron chi connectivity index (χ1n) is 8.25. The predicted octanol–water partition coefficient (Wildman–Crippen LogP) is 2.88. The Balaban J connectivity index is 1.74. The van der Waals surface area contributed by atoms with Gasteiger partial charge in [-0.2, -0.15) is 5.10 Å². The zero-order valence-corrected chi connectivity index (χ0v) is 14.0. The number of nitrogens with zero attached hydrogens (tertiary/aromatic N) is 3. The van der Waals surface area contributed by atoms with Gasteiger partial charge in [0.1, 0.15) is 5.15 Å². The first-order chi connectivity index (χ1) is 10.1. The van der Waals surface area contributed by atoms with E-state index in [1.807, 2.05) is 7.05 Å². The van der Waals surface area contributed by atoms with Crippen LogP contribution in [0.5, 0.6) is 0 Å². The van der Waals surface area contributed by atoms with E-state index in [-0.39, 0.29) is 0 Å². The van der Waals surface area contributed by atoms with Gasteiger partial charge in [0.05, 0.1) is 5.69 Å². The normalized spacial score (nSPS) is 23.4. The van der Waals surface area contributed by atoms with E-state index in [1.165, 1.54) is 44.1 Å². The van der Waals surface area contributed by atoms with E-state index in [0.717, 1.165) is 37.0 Å². The van der Waals surface area contributed by atoms with Gasteiger partial charge >= 0.3 is 0 Å². The van der Waals surface area contributed by atoms with Gasteiger partial charge in [-0.15, -0.1) is 0 Å². The fourth-order valence-electron chi connectivity index (χ4n) is 3.99. The molecule has 2 heterocycles. The molecule has 1 aromatic heterocycles. The van der Waals surface area contributed by atoms with Gasteiger partial charge in [0.15, 0.2) is 0 Å². The van der Waals surface area contributed by atoms with Crippen LogP contribution < -0.4 is 5.32 Å². The molecule has 1 N–H and O–H groups in total. The summed E-state index contributed by atoms with van der Waals surface area (Å²) in [5.74, 6) is 0. The third-order valence-electron chi connectivity index (χ3n) is 5.14. The van der Waals surface area contributed by atoms with E-state index < -0.39 is 0 Å². The Morgan fingerprint density at radius 1 is 1.24 bits per heavy atom. The Kier molecular flexibility index (Phi) is 4.57. The summed E-state index contributed by atoms with van der Waals surface area (Å²) in [6.07, 6.45) is 8.00. The van der Waals surface area contributed by atoms with Crippen LogP contribution in [0, 0.1) is 6.92 Å². The SMILES string of the molecule is Cc1nn(C)c(Cl)c1CN1CCCNC2(CCCCC2)C1. The Hall–Kier alpha value is -0.580. The molecule has 4 nitrogen and oxygen atoms in total. The largest absolute Gasteiger partial charge is 0.310 e. The number of halogens is 1. The Morgan fingerprint density at radius 3 is 2.67 bits per heavy atom. The molecular formula is C16H27ClN4. The maximum Gasteiger partial charge on any atom is 0.131 e. The van der Waals surface area contributed by atoms with Crippen molar-refractivity contribution >= 4 is 11.6 Å². The van der Waals surface area contributed by atoms with Crippen molar-refractivity contribution in [1.29, 1.82) is 0 Å². The van der Waals surface area contributed by atoms with E-state index in [1.54, 1.807) is 4.68 Å². The summed E-state index contributed by atoms with van der Waals surface area (Å²) in [5.41, 5.74) is 2.61. The lowest BCUT2D eigenvalue weighted by atomic mass is 9.81. The molecule has 5 heteroatoms. The van der Waals surface area contributed by atoms with Crippen LogP contribution in [0.15, 0.2) is 0 Å². The van der Waals surface area contributed by atoms with Gasteiger partial charge in [-0.25, -0.2) is 0 Å². The monoisotopic (exact) mass is 310 g/mol. The smallest absolute Gasteiger partial charge is 0.131 e. The van der Waals surface area contributed by atoms with Crippen molar-refractivity contribution in [2.45, 2.75) is 57.5 Å². The van der Waals surface area contributed by atoms with Crippen LogP contribution in [-0.2, 0) is 13.6 Å². The second-order valence-electron chi connectivity index (χ2n) is 6.81. The lowest BCUT2D eigenvalue weighted by molar-refractivity contribution is 0.159. The molecule has 3 rings (SSSR count). The molecule has 0 bridgehead atoms. The molecule has 21 heavy (non-hydrogen) atoms. The average molecular weight is 311 g/mol. The highest BCUT2D eigenvalue weighted by molar-refractivity contribution is 6.30. The highest BCUT2D eigenvalue weighted by atomic mass is 35.5. The van der Waals surface area contributed by atoms with Crippen LogP contribution in [0.1, 0.15) is 49.8 Å². The third kappa shape index (κ3) is 3.27. The number of hydrogen-bond acceptors (Lipinski definition) is 3. The van der Waals surface area contributed by atoms with Gasteiger partial charge in [-0.3, -0.25) is 9.58 Å². The molecule has 2 aliphatic rings. The van der Waals surface area contributed by atoms with Crippen LogP contribution in [-0.4, -0.2) is 39.9 Å². The molecule has 1 aliphatic carbocycles. The van der Waals surface area contributed by atoms with Crippen LogP contribution in [0.2, 0.25) is 5.15 Å². The minimum atomic E-state index is 0.345. The molecule has 0 unspecified atom stereocenters. The fourth-order valence-corrected chi connectivity index (χ4v) is 4.23. The molecule has 1 aliphatic heterocycles. The number of aromatic nitrogens is 2. The zero-order valence-electron chi connectivity index (χ0n) is 13.3. The topological polar surface area (TPSA) is 33.1 Å². The van der Waals surface area contributed by atoms with Crippen molar-refractivity contribution < 1.29 is 0 Å². The summed E-state index contributed by atoms with van der Waals surface area (Å²) in [7, 11) is 1.92. The van der Waals surface area contributed by atoms with Crippen molar-refractivity contribution in [3.05, 3.63) is 16.4 Å². The van der Waals surface area contributed by atoms with Crippen LogP contribution in [0.4, 0.5) is 0 Å². The maximum atomic E-state index is 6.41. The van der Waals surface area contributed by atoms with E-state index in [2.05, 4.69) is 22.2 Å². The van der Waals surface area contributed by atoms with Crippen molar-refractivity contribution in [3.63, 3.8) is 0 Å². The molecular weight excluding hydrogens is 284 g/mol. The number of rotatable bonds is 2. The van der Waals surface area contributed by atoms with Crippen molar-refractivity contribution in [2.24, 2.45) is 7.05 Å². The highest BCUT2D eigenvalue weighted by Gasteiger charge is 2.35. The summed E-state index contributed by atoms with van der Waals surface area (Å²) in [6, 6.07) is 0. The van der Waals surface area contributed by atoms with E-state index in [9.17, 15) is 0 Å². The van der Waals surface area contributed by atoms with Crippen LogP contribution in [0.3, 0.4) is 0 Å². The standard InChI is InChI=1S/C16H27ClN4/c1-13-14(15(17)20(2)19-13)11-21-10-6-9-18-16(12-21)7-4-3-5-8-16/h18H,3-12H2,1-2H3. The predicted molar refractivity (Wildman–Crippen MR) is 86.7 cm³/mol. The van der Waals surface area contributed by atoms with Crippen molar-refractivity contribution in [3.8, 4) is 0 Å². The first-order valence-corrected chi connectivity index (χ1v) is 8.63. The maximum absolute atomic E-state index is 6.41. The van der Waals surface area contributed by atoms with Crippen molar-refractivity contribution in [2.75, 3.05) is 19.6 Å². The molecule has 1 spiro atoms. The number of hydrogen-bond donors (Lipinski definition) is 1. The minimum Gasteiger partial charge on any atom is -0.310 e. The second kappa shape index (κ2) is 6.27. The second-order valence-corrected chi connectivity index (χ2v) is 7.17.